The van der Waals surface area contributed by atoms with Crippen molar-refractivity contribution < 1.29 is 9.90 Å². The standard InChI is InChI=1S/C12H14N2O2/c15-12(16)6-5-10-3-1-2-4-11(10)14-8-7-13-9-14/h1-4,9H,5-8H2,(H,15,16). The third-order valence-electron chi connectivity index (χ3n) is 2.60. The highest BCUT2D eigenvalue weighted by atomic mass is 16.4. The number of benzene rings is 1. The van der Waals surface area contributed by atoms with Crippen LogP contribution in [0.5, 0.6) is 0 Å². The molecule has 2 rings (SSSR count). The number of para-hydroxylation sites is 1. The zero-order valence-electron chi connectivity index (χ0n) is 8.97. The van der Waals surface area contributed by atoms with E-state index in [0.717, 1.165) is 24.3 Å². The predicted molar refractivity (Wildman–Crippen MR) is 63.1 cm³/mol. The average Bonchev–Trinajstić information content (AvgIpc) is 2.80. The molecule has 0 amide bonds. The number of hydrogen-bond acceptors (Lipinski definition) is 3. The highest BCUT2D eigenvalue weighted by molar-refractivity contribution is 5.82. The summed E-state index contributed by atoms with van der Waals surface area (Å²) in [7, 11) is 0. The van der Waals surface area contributed by atoms with Crippen molar-refractivity contribution in [2.75, 3.05) is 18.0 Å². The Balaban J connectivity index is 2.16. The summed E-state index contributed by atoms with van der Waals surface area (Å²) in [5, 5.41) is 8.69. The minimum atomic E-state index is -0.759. The summed E-state index contributed by atoms with van der Waals surface area (Å²) >= 11 is 0. The lowest BCUT2D eigenvalue weighted by Crippen LogP contribution is -2.19. The number of anilines is 1. The molecule has 84 valence electrons. The van der Waals surface area contributed by atoms with E-state index in [1.165, 1.54) is 0 Å². The number of carboxylic acid groups (broad SMARTS) is 1. The van der Waals surface area contributed by atoms with Crippen molar-refractivity contribution in [3.8, 4) is 0 Å². The number of hydrogen-bond donors (Lipinski definition) is 1. The van der Waals surface area contributed by atoms with E-state index >= 15 is 0 Å². The van der Waals surface area contributed by atoms with E-state index in [4.69, 9.17) is 5.11 Å². The molecule has 16 heavy (non-hydrogen) atoms. The third-order valence-corrected chi connectivity index (χ3v) is 2.60. The first kappa shape index (κ1) is 10.7. The topological polar surface area (TPSA) is 52.9 Å². The molecule has 0 radical (unpaired) electrons. The first-order valence-electron chi connectivity index (χ1n) is 5.33. The number of rotatable bonds is 4. The number of nitrogens with zero attached hydrogens (tertiary/aromatic N) is 2. The van der Waals surface area contributed by atoms with E-state index in [1.54, 1.807) is 0 Å². The maximum absolute atomic E-state index is 10.6. The maximum Gasteiger partial charge on any atom is 0.303 e. The van der Waals surface area contributed by atoms with Gasteiger partial charge in [0.25, 0.3) is 0 Å². The molecule has 0 bridgehead atoms. The molecular formula is C12H14N2O2. The maximum atomic E-state index is 10.6. The van der Waals surface area contributed by atoms with Crippen molar-refractivity contribution in [3.63, 3.8) is 0 Å². The molecular weight excluding hydrogens is 204 g/mol. The van der Waals surface area contributed by atoms with Gasteiger partial charge in [-0.05, 0) is 18.1 Å². The summed E-state index contributed by atoms with van der Waals surface area (Å²) in [6, 6.07) is 7.89. The second-order valence-electron chi connectivity index (χ2n) is 3.74. The fourth-order valence-electron chi connectivity index (χ4n) is 1.81. The summed E-state index contributed by atoms with van der Waals surface area (Å²) in [6.45, 7) is 1.69. The van der Waals surface area contributed by atoms with E-state index in [0.29, 0.717) is 6.42 Å². The van der Waals surface area contributed by atoms with Crippen LogP contribution >= 0.6 is 0 Å². The monoisotopic (exact) mass is 218 g/mol. The minimum absolute atomic E-state index is 0.169. The largest absolute Gasteiger partial charge is 0.481 e. The van der Waals surface area contributed by atoms with Crippen molar-refractivity contribution in [1.29, 1.82) is 0 Å². The van der Waals surface area contributed by atoms with Gasteiger partial charge in [0, 0.05) is 18.7 Å². The Labute approximate surface area is 94.2 Å². The normalized spacial score (nSPS) is 14.4. The van der Waals surface area contributed by atoms with Gasteiger partial charge in [-0.3, -0.25) is 9.79 Å². The quantitative estimate of drug-likeness (QED) is 0.834. The molecule has 1 N–H and O–H groups in total. The lowest BCUT2D eigenvalue weighted by atomic mass is 10.1. The fourth-order valence-corrected chi connectivity index (χ4v) is 1.81. The third kappa shape index (κ3) is 2.39. The zero-order valence-corrected chi connectivity index (χ0v) is 8.97. The van der Waals surface area contributed by atoms with Gasteiger partial charge in [-0.1, -0.05) is 18.2 Å². The SMILES string of the molecule is O=C(O)CCc1ccccc1N1C=NCC1. The Bertz CT molecular complexity index is 415. The molecule has 1 heterocycles. The van der Waals surface area contributed by atoms with E-state index < -0.39 is 5.97 Å². The average molecular weight is 218 g/mol. The van der Waals surface area contributed by atoms with Gasteiger partial charge in [-0.15, -0.1) is 0 Å². The Morgan fingerprint density at radius 2 is 2.25 bits per heavy atom. The second-order valence-corrected chi connectivity index (χ2v) is 3.74. The first-order valence-corrected chi connectivity index (χ1v) is 5.33. The van der Waals surface area contributed by atoms with Crippen LogP contribution in [0.2, 0.25) is 0 Å². The molecule has 4 heteroatoms. The van der Waals surface area contributed by atoms with Crippen LogP contribution in [0.25, 0.3) is 0 Å². The van der Waals surface area contributed by atoms with Crippen molar-refractivity contribution in [3.05, 3.63) is 29.8 Å². The number of aliphatic imine (C=N–C) groups is 1. The van der Waals surface area contributed by atoms with Gasteiger partial charge in [0.15, 0.2) is 0 Å². The van der Waals surface area contributed by atoms with Crippen molar-refractivity contribution in [2.45, 2.75) is 12.8 Å². The van der Waals surface area contributed by atoms with Crippen molar-refractivity contribution in [1.82, 2.24) is 0 Å². The summed E-state index contributed by atoms with van der Waals surface area (Å²) in [4.78, 5) is 16.8. The smallest absolute Gasteiger partial charge is 0.303 e. The molecule has 0 aliphatic carbocycles. The number of aryl methyl sites for hydroxylation is 1. The lowest BCUT2D eigenvalue weighted by molar-refractivity contribution is -0.136. The molecule has 0 saturated carbocycles. The van der Waals surface area contributed by atoms with Crippen LogP contribution in [0.4, 0.5) is 5.69 Å². The van der Waals surface area contributed by atoms with Gasteiger partial charge in [0.2, 0.25) is 0 Å². The molecule has 1 aromatic carbocycles. The summed E-state index contributed by atoms with van der Waals surface area (Å²) in [5.74, 6) is -0.759. The van der Waals surface area contributed by atoms with Crippen LogP contribution in [-0.4, -0.2) is 30.5 Å². The predicted octanol–water partition coefficient (Wildman–Crippen LogP) is 1.55. The Morgan fingerprint density at radius 3 is 2.94 bits per heavy atom. The fraction of sp³-hybridized carbons (Fsp3) is 0.333. The van der Waals surface area contributed by atoms with Gasteiger partial charge >= 0.3 is 5.97 Å². The molecule has 0 unspecified atom stereocenters. The zero-order chi connectivity index (χ0) is 11.4. The molecule has 0 fully saturated rings. The van der Waals surface area contributed by atoms with Gasteiger partial charge in [0.1, 0.15) is 0 Å². The summed E-state index contributed by atoms with van der Waals surface area (Å²) < 4.78 is 0. The van der Waals surface area contributed by atoms with Crippen LogP contribution in [0.1, 0.15) is 12.0 Å². The van der Waals surface area contributed by atoms with E-state index in [9.17, 15) is 4.79 Å². The number of carbonyl (C=O) groups is 1. The van der Waals surface area contributed by atoms with Crippen molar-refractivity contribution >= 4 is 18.0 Å². The lowest BCUT2D eigenvalue weighted by Gasteiger charge is -2.17. The van der Waals surface area contributed by atoms with Crippen LogP contribution in [-0.2, 0) is 11.2 Å². The molecule has 0 saturated heterocycles. The van der Waals surface area contributed by atoms with Gasteiger partial charge in [0.05, 0.1) is 12.9 Å². The first-order chi connectivity index (χ1) is 7.77. The molecule has 1 aromatic rings. The summed E-state index contributed by atoms with van der Waals surface area (Å²) in [5.41, 5.74) is 2.14. The summed E-state index contributed by atoms with van der Waals surface area (Å²) in [6.07, 6.45) is 2.55. The van der Waals surface area contributed by atoms with Crippen LogP contribution in [0.3, 0.4) is 0 Å². The second kappa shape index (κ2) is 4.79. The van der Waals surface area contributed by atoms with E-state index in [1.807, 2.05) is 30.6 Å². The molecule has 1 aliphatic heterocycles. The Kier molecular flexibility index (Phi) is 3.19. The molecule has 4 nitrogen and oxygen atoms in total. The Morgan fingerprint density at radius 1 is 1.44 bits per heavy atom. The molecule has 0 aromatic heterocycles. The van der Waals surface area contributed by atoms with Gasteiger partial charge < -0.3 is 10.0 Å². The molecule has 1 aliphatic rings. The number of carboxylic acids is 1. The highest BCUT2D eigenvalue weighted by Crippen LogP contribution is 2.21. The minimum Gasteiger partial charge on any atom is -0.481 e. The highest BCUT2D eigenvalue weighted by Gasteiger charge is 2.12. The van der Waals surface area contributed by atoms with Crippen molar-refractivity contribution in [2.24, 2.45) is 4.99 Å². The number of aliphatic carboxylic acids is 1. The van der Waals surface area contributed by atoms with Gasteiger partial charge in [-0.25, -0.2) is 0 Å². The molecule has 0 atom stereocenters. The van der Waals surface area contributed by atoms with Crippen LogP contribution in [0.15, 0.2) is 29.3 Å². The van der Waals surface area contributed by atoms with Gasteiger partial charge in [-0.2, -0.15) is 0 Å². The van der Waals surface area contributed by atoms with Crippen LogP contribution in [0, 0.1) is 0 Å². The van der Waals surface area contributed by atoms with Crippen LogP contribution < -0.4 is 4.90 Å². The Hall–Kier alpha value is -1.84. The molecule has 0 spiro atoms. The van der Waals surface area contributed by atoms with E-state index in [-0.39, 0.29) is 6.42 Å². The van der Waals surface area contributed by atoms with E-state index in [2.05, 4.69) is 9.89 Å².